The average Bonchev–Trinajstić information content (AvgIpc) is 3.21. The average molecular weight is 247 g/mol. The van der Waals surface area contributed by atoms with Crippen LogP contribution in [0.5, 0.6) is 0 Å². The minimum absolute atomic E-state index is 0.275. The molecule has 0 aliphatic heterocycles. The van der Waals surface area contributed by atoms with E-state index in [1.54, 1.807) is 6.20 Å². The first-order chi connectivity index (χ1) is 8.81. The maximum atomic E-state index is 12.2. The topological polar surface area (TPSA) is 45.2 Å². The number of pyridine rings is 1. The molecule has 0 spiro atoms. The van der Waals surface area contributed by atoms with Crippen LogP contribution in [0.2, 0.25) is 0 Å². The third kappa shape index (κ3) is 3.81. The first-order valence-corrected chi connectivity index (χ1v) is 6.64. The van der Waals surface area contributed by atoms with Crippen LogP contribution in [-0.4, -0.2) is 35.4 Å². The van der Waals surface area contributed by atoms with Gasteiger partial charge in [-0.3, -0.25) is 9.78 Å². The lowest BCUT2D eigenvalue weighted by Crippen LogP contribution is -2.32. The van der Waals surface area contributed by atoms with Gasteiger partial charge in [-0.05, 0) is 44.5 Å². The highest BCUT2D eigenvalue weighted by molar-refractivity contribution is 5.76. The highest BCUT2D eigenvalue weighted by atomic mass is 16.2. The van der Waals surface area contributed by atoms with Gasteiger partial charge in [-0.2, -0.15) is 0 Å². The summed E-state index contributed by atoms with van der Waals surface area (Å²) in [7, 11) is 1.92. The second-order valence-electron chi connectivity index (χ2n) is 4.82. The number of nitrogens with zero attached hydrogens (tertiary/aromatic N) is 2. The molecule has 4 nitrogen and oxygen atoms in total. The zero-order valence-corrected chi connectivity index (χ0v) is 10.9. The molecule has 2 rings (SSSR count). The Morgan fingerprint density at radius 1 is 1.56 bits per heavy atom. The molecule has 0 unspecified atom stereocenters. The van der Waals surface area contributed by atoms with E-state index in [1.165, 1.54) is 0 Å². The third-order valence-corrected chi connectivity index (χ3v) is 3.20. The summed E-state index contributed by atoms with van der Waals surface area (Å²) >= 11 is 0. The van der Waals surface area contributed by atoms with Gasteiger partial charge >= 0.3 is 0 Å². The highest BCUT2D eigenvalue weighted by Crippen LogP contribution is 2.29. The minimum atomic E-state index is 0.275. The molecule has 1 heterocycles. The summed E-state index contributed by atoms with van der Waals surface area (Å²) in [4.78, 5) is 18.3. The van der Waals surface area contributed by atoms with Crippen LogP contribution in [-0.2, 0) is 11.3 Å². The van der Waals surface area contributed by atoms with Crippen LogP contribution in [0.25, 0.3) is 0 Å². The number of amides is 1. The van der Waals surface area contributed by atoms with Crippen molar-refractivity contribution in [2.24, 2.45) is 0 Å². The van der Waals surface area contributed by atoms with Gasteiger partial charge in [0.2, 0.25) is 5.91 Å². The quantitative estimate of drug-likeness (QED) is 0.744. The molecule has 0 bridgehead atoms. The Morgan fingerprint density at radius 2 is 2.39 bits per heavy atom. The van der Waals surface area contributed by atoms with E-state index in [0.717, 1.165) is 31.4 Å². The fourth-order valence-corrected chi connectivity index (χ4v) is 2.06. The van der Waals surface area contributed by atoms with Crippen molar-refractivity contribution < 1.29 is 4.79 Å². The van der Waals surface area contributed by atoms with E-state index in [1.807, 2.05) is 30.3 Å². The SMILES string of the molecule is CNCCCC(=O)N(Cc1cccnc1)C1CC1. The molecule has 1 aromatic heterocycles. The maximum absolute atomic E-state index is 12.2. The van der Waals surface area contributed by atoms with Crippen LogP contribution >= 0.6 is 0 Å². The fourth-order valence-electron chi connectivity index (χ4n) is 2.06. The number of carbonyl (C=O) groups excluding carboxylic acids is 1. The summed E-state index contributed by atoms with van der Waals surface area (Å²) in [5, 5.41) is 3.08. The molecule has 1 amide bonds. The molecule has 1 aliphatic rings. The predicted molar refractivity (Wildman–Crippen MR) is 71.0 cm³/mol. The molecule has 1 fully saturated rings. The van der Waals surface area contributed by atoms with Crippen LogP contribution in [0.4, 0.5) is 0 Å². The summed E-state index contributed by atoms with van der Waals surface area (Å²) in [6.07, 6.45) is 7.45. The van der Waals surface area contributed by atoms with Crippen molar-refractivity contribution in [1.29, 1.82) is 0 Å². The van der Waals surface area contributed by atoms with Crippen LogP contribution in [0, 0.1) is 0 Å². The minimum Gasteiger partial charge on any atom is -0.335 e. The molecule has 1 saturated carbocycles. The molecule has 18 heavy (non-hydrogen) atoms. The van der Waals surface area contributed by atoms with Crippen LogP contribution in [0.15, 0.2) is 24.5 Å². The number of rotatable bonds is 7. The summed E-state index contributed by atoms with van der Waals surface area (Å²) < 4.78 is 0. The van der Waals surface area contributed by atoms with Gasteiger partial charge in [0.15, 0.2) is 0 Å². The van der Waals surface area contributed by atoms with Crippen LogP contribution in [0.3, 0.4) is 0 Å². The number of aromatic nitrogens is 1. The van der Waals surface area contributed by atoms with Crippen molar-refractivity contribution >= 4 is 5.91 Å². The van der Waals surface area contributed by atoms with Gasteiger partial charge in [0.1, 0.15) is 0 Å². The van der Waals surface area contributed by atoms with Crippen molar-refractivity contribution in [1.82, 2.24) is 15.2 Å². The first-order valence-electron chi connectivity index (χ1n) is 6.64. The zero-order valence-electron chi connectivity index (χ0n) is 10.9. The van der Waals surface area contributed by atoms with Gasteiger partial charge in [0.05, 0.1) is 0 Å². The second-order valence-corrected chi connectivity index (χ2v) is 4.82. The van der Waals surface area contributed by atoms with Crippen molar-refractivity contribution in [3.63, 3.8) is 0 Å². The molecule has 0 saturated heterocycles. The lowest BCUT2D eigenvalue weighted by Gasteiger charge is -2.22. The lowest BCUT2D eigenvalue weighted by molar-refractivity contribution is -0.132. The van der Waals surface area contributed by atoms with Gasteiger partial charge in [-0.1, -0.05) is 6.07 Å². The smallest absolute Gasteiger partial charge is 0.223 e. The number of carbonyl (C=O) groups is 1. The highest BCUT2D eigenvalue weighted by Gasteiger charge is 2.31. The molecule has 4 heteroatoms. The molecular formula is C14H21N3O. The molecule has 0 aromatic carbocycles. The summed E-state index contributed by atoms with van der Waals surface area (Å²) in [5.41, 5.74) is 1.12. The number of hydrogen-bond donors (Lipinski definition) is 1. The van der Waals surface area contributed by atoms with Crippen molar-refractivity contribution in [3.05, 3.63) is 30.1 Å². The normalized spacial score (nSPS) is 14.5. The van der Waals surface area contributed by atoms with Gasteiger partial charge in [-0.15, -0.1) is 0 Å². The first kappa shape index (κ1) is 13.0. The van der Waals surface area contributed by atoms with Gasteiger partial charge in [0, 0.05) is 31.4 Å². The Balaban J connectivity index is 1.89. The molecule has 1 aromatic rings. The van der Waals surface area contributed by atoms with Crippen molar-refractivity contribution in [2.45, 2.75) is 38.3 Å². The Labute approximate surface area is 108 Å². The van der Waals surface area contributed by atoms with Gasteiger partial charge in [0.25, 0.3) is 0 Å². The van der Waals surface area contributed by atoms with E-state index in [0.29, 0.717) is 19.0 Å². The molecular weight excluding hydrogens is 226 g/mol. The molecule has 0 radical (unpaired) electrons. The van der Waals surface area contributed by atoms with Crippen LogP contribution in [0.1, 0.15) is 31.2 Å². The van der Waals surface area contributed by atoms with E-state index in [9.17, 15) is 4.79 Å². The van der Waals surface area contributed by atoms with Crippen molar-refractivity contribution in [3.8, 4) is 0 Å². The largest absolute Gasteiger partial charge is 0.335 e. The number of hydrogen-bond acceptors (Lipinski definition) is 3. The standard InChI is InChI=1S/C14H21N3O/c1-15-8-3-5-14(18)17(13-6-7-13)11-12-4-2-9-16-10-12/h2,4,9-10,13,15H,3,5-8,11H2,1H3. The second kappa shape index (κ2) is 6.50. The molecule has 1 aliphatic carbocycles. The van der Waals surface area contributed by atoms with Crippen LogP contribution < -0.4 is 5.32 Å². The maximum Gasteiger partial charge on any atom is 0.223 e. The van der Waals surface area contributed by atoms with E-state index >= 15 is 0 Å². The van der Waals surface area contributed by atoms with E-state index < -0.39 is 0 Å². The van der Waals surface area contributed by atoms with Gasteiger partial charge in [-0.25, -0.2) is 0 Å². The Kier molecular flexibility index (Phi) is 4.70. The summed E-state index contributed by atoms with van der Waals surface area (Å²) in [5.74, 6) is 0.275. The predicted octanol–water partition coefficient (Wildman–Crippen LogP) is 1.57. The molecule has 98 valence electrons. The Bertz CT molecular complexity index is 376. The fraction of sp³-hybridized carbons (Fsp3) is 0.571. The Hall–Kier alpha value is -1.42. The summed E-state index contributed by atoms with van der Waals surface area (Å²) in [6.45, 7) is 1.61. The van der Waals surface area contributed by atoms with Crippen molar-refractivity contribution in [2.75, 3.05) is 13.6 Å². The number of nitrogens with one attached hydrogen (secondary N) is 1. The Morgan fingerprint density at radius 3 is 3.00 bits per heavy atom. The third-order valence-electron chi connectivity index (χ3n) is 3.20. The molecule has 0 atom stereocenters. The van der Waals surface area contributed by atoms with E-state index in [4.69, 9.17) is 0 Å². The van der Waals surface area contributed by atoms with E-state index in [2.05, 4.69) is 10.3 Å². The van der Waals surface area contributed by atoms with Gasteiger partial charge < -0.3 is 10.2 Å². The monoisotopic (exact) mass is 247 g/mol. The van der Waals surface area contributed by atoms with E-state index in [-0.39, 0.29) is 5.91 Å². The lowest BCUT2D eigenvalue weighted by atomic mass is 10.2. The molecule has 1 N–H and O–H groups in total. The summed E-state index contributed by atoms with van der Waals surface area (Å²) in [6, 6.07) is 4.42. The zero-order chi connectivity index (χ0) is 12.8.